The molecule has 3 rings (SSSR count). The molecule has 2 aliphatic heterocycles. The molecule has 2 aliphatic rings. The standard InChI is InChI=1S/C13H20N4O4/c1-4-6-8-9(21-13(2,3)20-8)12(19-6)17-5-16-7(10(17)14)11(15)18/h5-6,8-9,12H,4,14H2,1-3H3,(H2,15,18)/t6-,8+,9?,12-/m1/s1. The van der Waals surface area contributed by atoms with Crippen molar-refractivity contribution in [2.75, 3.05) is 5.73 Å². The fourth-order valence-corrected chi connectivity index (χ4v) is 2.97. The summed E-state index contributed by atoms with van der Waals surface area (Å²) in [7, 11) is 0. The van der Waals surface area contributed by atoms with Crippen molar-refractivity contribution in [3.63, 3.8) is 0 Å². The average Bonchev–Trinajstić information content (AvgIpc) is 3.00. The van der Waals surface area contributed by atoms with Crippen LogP contribution < -0.4 is 11.5 Å². The SMILES string of the molecule is CC[C@H]1O[C@@H](n2cnc(C(N)=O)c2N)C2OC(C)(C)O[C@H]21. The van der Waals surface area contributed by atoms with Gasteiger partial charge in [0.15, 0.2) is 17.7 Å². The van der Waals surface area contributed by atoms with Crippen molar-refractivity contribution in [3.05, 3.63) is 12.0 Å². The van der Waals surface area contributed by atoms with Crippen molar-refractivity contribution in [2.24, 2.45) is 5.73 Å². The van der Waals surface area contributed by atoms with Crippen LogP contribution in [0.4, 0.5) is 5.82 Å². The van der Waals surface area contributed by atoms with Gasteiger partial charge in [-0.05, 0) is 20.3 Å². The first kappa shape index (κ1) is 14.3. The number of imidazole rings is 1. The van der Waals surface area contributed by atoms with Crippen LogP contribution in [0.2, 0.25) is 0 Å². The third-order valence-electron chi connectivity index (χ3n) is 3.87. The lowest BCUT2D eigenvalue weighted by Crippen LogP contribution is -2.28. The van der Waals surface area contributed by atoms with E-state index in [0.717, 1.165) is 6.42 Å². The molecule has 3 heterocycles. The second kappa shape index (κ2) is 4.69. The van der Waals surface area contributed by atoms with Crippen LogP contribution in [0.5, 0.6) is 0 Å². The molecule has 1 unspecified atom stereocenters. The highest BCUT2D eigenvalue weighted by Gasteiger charge is 2.55. The molecule has 1 amide bonds. The molecule has 0 bridgehead atoms. The summed E-state index contributed by atoms with van der Waals surface area (Å²) in [5.41, 5.74) is 11.2. The Kier molecular flexibility index (Phi) is 3.19. The van der Waals surface area contributed by atoms with E-state index in [4.69, 9.17) is 25.7 Å². The number of fused-ring (bicyclic) bond motifs is 1. The third kappa shape index (κ3) is 2.19. The van der Waals surface area contributed by atoms with Crippen molar-refractivity contribution in [1.82, 2.24) is 9.55 Å². The first-order valence-corrected chi connectivity index (χ1v) is 6.97. The van der Waals surface area contributed by atoms with Gasteiger partial charge in [0.2, 0.25) is 0 Å². The fraction of sp³-hybridized carbons (Fsp3) is 0.692. The molecular formula is C13H20N4O4. The number of anilines is 1. The van der Waals surface area contributed by atoms with Gasteiger partial charge >= 0.3 is 0 Å². The Morgan fingerprint density at radius 3 is 2.67 bits per heavy atom. The quantitative estimate of drug-likeness (QED) is 0.834. The number of nitrogens with two attached hydrogens (primary N) is 2. The minimum atomic E-state index is -0.674. The highest BCUT2D eigenvalue weighted by atomic mass is 16.8. The molecule has 0 aromatic carbocycles. The number of hydrogen-bond donors (Lipinski definition) is 2. The van der Waals surface area contributed by atoms with Crippen LogP contribution in [-0.4, -0.2) is 39.6 Å². The Bertz CT molecular complexity index is 571. The van der Waals surface area contributed by atoms with Crippen LogP contribution in [0.1, 0.15) is 43.9 Å². The predicted molar refractivity (Wildman–Crippen MR) is 73.2 cm³/mol. The number of ether oxygens (including phenoxy) is 3. The molecule has 0 spiro atoms. The Morgan fingerprint density at radius 1 is 1.43 bits per heavy atom. The van der Waals surface area contributed by atoms with Gasteiger partial charge in [-0.1, -0.05) is 6.92 Å². The molecular weight excluding hydrogens is 276 g/mol. The Hall–Kier alpha value is -1.64. The number of hydrogen-bond acceptors (Lipinski definition) is 6. The predicted octanol–water partition coefficient (Wildman–Crippen LogP) is 0.392. The molecule has 1 aromatic rings. The molecule has 0 aliphatic carbocycles. The van der Waals surface area contributed by atoms with E-state index in [1.807, 2.05) is 20.8 Å². The first-order chi connectivity index (χ1) is 9.84. The average molecular weight is 296 g/mol. The van der Waals surface area contributed by atoms with Gasteiger partial charge in [0, 0.05) is 0 Å². The number of rotatable bonds is 3. The van der Waals surface area contributed by atoms with Gasteiger partial charge in [0.05, 0.1) is 12.4 Å². The van der Waals surface area contributed by atoms with Crippen molar-refractivity contribution in [2.45, 2.75) is 57.5 Å². The maximum atomic E-state index is 11.3. The molecule has 0 radical (unpaired) electrons. The summed E-state index contributed by atoms with van der Waals surface area (Å²) >= 11 is 0. The first-order valence-electron chi connectivity index (χ1n) is 6.97. The number of primary amides is 1. The molecule has 2 saturated heterocycles. The van der Waals surface area contributed by atoms with E-state index in [1.165, 1.54) is 6.33 Å². The lowest BCUT2D eigenvalue weighted by molar-refractivity contribution is -0.196. The molecule has 8 nitrogen and oxygen atoms in total. The van der Waals surface area contributed by atoms with Crippen LogP contribution in [0.3, 0.4) is 0 Å². The van der Waals surface area contributed by atoms with E-state index >= 15 is 0 Å². The van der Waals surface area contributed by atoms with Crippen LogP contribution in [0, 0.1) is 0 Å². The van der Waals surface area contributed by atoms with Gasteiger partial charge in [-0.3, -0.25) is 9.36 Å². The molecule has 0 saturated carbocycles. The number of carbonyl (C=O) groups is 1. The fourth-order valence-electron chi connectivity index (χ4n) is 2.97. The zero-order valence-electron chi connectivity index (χ0n) is 12.3. The molecule has 2 fully saturated rings. The zero-order chi connectivity index (χ0) is 15.4. The van der Waals surface area contributed by atoms with Crippen molar-refractivity contribution in [1.29, 1.82) is 0 Å². The van der Waals surface area contributed by atoms with Gasteiger partial charge in [-0.25, -0.2) is 4.98 Å². The van der Waals surface area contributed by atoms with Gasteiger partial charge in [-0.15, -0.1) is 0 Å². The highest BCUT2D eigenvalue weighted by molar-refractivity contribution is 5.95. The van der Waals surface area contributed by atoms with Gasteiger partial charge in [0.25, 0.3) is 5.91 Å². The molecule has 4 N–H and O–H groups in total. The van der Waals surface area contributed by atoms with Crippen LogP contribution in [0.25, 0.3) is 0 Å². The molecule has 4 atom stereocenters. The number of amides is 1. The summed E-state index contributed by atoms with van der Waals surface area (Å²) in [5.74, 6) is -1.17. The third-order valence-corrected chi connectivity index (χ3v) is 3.87. The highest BCUT2D eigenvalue weighted by Crippen LogP contribution is 2.44. The number of nitrogen functional groups attached to an aromatic ring is 1. The second-order valence-corrected chi connectivity index (χ2v) is 5.79. The summed E-state index contributed by atoms with van der Waals surface area (Å²) < 4.78 is 19.4. The summed E-state index contributed by atoms with van der Waals surface area (Å²) in [6.45, 7) is 5.74. The van der Waals surface area contributed by atoms with Gasteiger partial charge < -0.3 is 25.7 Å². The maximum absolute atomic E-state index is 11.3. The second-order valence-electron chi connectivity index (χ2n) is 5.79. The number of aromatic nitrogens is 2. The van der Waals surface area contributed by atoms with Gasteiger partial charge in [-0.2, -0.15) is 0 Å². The summed E-state index contributed by atoms with van der Waals surface area (Å²) in [6.07, 6.45) is 1.18. The normalized spacial score (nSPS) is 34.0. The smallest absolute Gasteiger partial charge is 0.271 e. The Labute approximate surface area is 122 Å². The monoisotopic (exact) mass is 296 g/mol. The van der Waals surface area contributed by atoms with E-state index in [-0.39, 0.29) is 29.8 Å². The summed E-state index contributed by atoms with van der Waals surface area (Å²) in [5, 5.41) is 0. The van der Waals surface area contributed by atoms with E-state index in [0.29, 0.717) is 0 Å². The van der Waals surface area contributed by atoms with E-state index < -0.39 is 17.9 Å². The number of carbonyl (C=O) groups excluding carboxylic acids is 1. The largest absolute Gasteiger partial charge is 0.383 e. The molecule has 8 heteroatoms. The molecule has 21 heavy (non-hydrogen) atoms. The van der Waals surface area contributed by atoms with Crippen molar-refractivity contribution < 1.29 is 19.0 Å². The van der Waals surface area contributed by atoms with Crippen molar-refractivity contribution >= 4 is 11.7 Å². The Balaban J connectivity index is 1.94. The lowest BCUT2D eigenvalue weighted by Gasteiger charge is -2.24. The topological polar surface area (TPSA) is 115 Å². The maximum Gasteiger partial charge on any atom is 0.271 e. The summed E-state index contributed by atoms with van der Waals surface area (Å²) in [4.78, 5) is 15.2. The van der Waals surface area contributed by atoms with E-state index in [9.17, 15) is 4.79 Å². The van der Waals surface area contributed by atoms with E-state index in [1.54, 1.807) is 4.57 Å². The van der Waals surface area contributed by atoms with E-state index in [2.05, 4.69) is 4.98 Å². The van der Waals surface area contributed by atoms with Gasteiger partial charge in [0.1, 0.15) is 18.0 Å². The van der Waals surface area contributed by atoms with Crippen molar-refractivity contribution in [3.8, 4) is 0 Å². The summed E-state index contributed by atoms with van der Waals surface area (Å²) in [6, 6.07) is 0. The molecule has 1 aromatic heterocycles. The lowest BCUT2D eigenvalue weighted by atomic mass is 10.1. The van der Waals surface area contributed by atoms with Crippen LogP contribution in [0.15, 0.2) is 6.33 Å². The minimum Gasteiger partial charge on any atom is -0.383 e. The Morgan fingerprint density at radius 2 is 2.10 bits per heavy atom. The minimum absolute atomic E-state index is 0.0354. The van der Waals surface area contributed by atoms with Crippen LogP contribution >= 0.6 is 0 Å². The van der Waals surface area contributed by atoms with Crippen LogP contribution in [-0.2, 0) is 14.2 Å². The number of nitrogens with zero attached hydrogens (tertiary/aromatic N) is 2. The molecule has 116 valence electrons. The zero-order valence-corrected chi connectivity index (χ0v) is 12.3.